The quantitative estimate of drug-likeness (QED) is 0.907. The van der Waals surface area contributed by atoms with Crippen LogP contribution in [0.1, 0.15) is 32.8 Å². The topological polar surface area (TPSA) is 49.4 Å². The van der Waals surface area contributed by atoms with E-state index >= 15 is 0 Å². The molecule has 4 nitrogen and oxygen atoms in total. The SMILES string of the molecule is CC1CC(=O)NC(C)(C)C(=O)N1Cc1cc(F)cc(F)c1. The predicted octanol–water partition coefficient (Wildman–Crippen LogP) is 1.98. The molecule has 21 heavy (non-hydrogen) atoms. The summed E-state index contributed by atoms with van der Waals surface area (Å²) in [5.74, 6) is -1.86. The fraction of sp³-hybridized carbons (Fsp3) is 0.467. The summed E-state index contributed by atoms with van der Waals surface area (Å²) >= 11 is 0. The maximum absolute atomic E-state index is 13.3. The first-order chi connectivity index (χ1) is 9.69. The average molecular weight is 296 g/mol. The molecule has 0 radical (unpaired) electrons. The summed E-state index contributed by atoms with van der Waals surface area (Å²) in [6, 6.07) is 2.82. The molecule has 114 valence electrons. The second kappa shape index (κ2) is 5.42. The van der Waals surface area contributed by atoms with Gasteiger partial charge in [-0.15, -0.1) is 0 Å². The second-order valence-corrected chi connectivity index (χ2v) is 5.94. The number of halogens is 2. The highest BCUT2D eigenvalue weighted by Crippen LogP contribution is 2.21. The van der Waals surface area contributed by atoms with E-state index in [0.29, 0.717) is 5.56 Å². The van der Waals surface area contributed by atoms with E-state index in [1.807, 2.05) is 0 Å². The first-order valence-corrected chi connectivity index (χ1v) is 6.76. The molecule has 0 bridgehead atoms. The minimum atomic E-state index is -1.03. The lowest BCUT2D eigenvalue weighted by atomic mass is 10.0. The third kappa shape index (κ3) is 3.37. The molecule has 0 spiro atoms. The predicted molar refractivity (Wildman–Crippen MR) is 73.2 cm³/mol. The van der Waals surface area contributed by atoms with E-state index in [2.05, 4.69) is 5.32 Å². The van der Waals surface area contributed by atoms with Crippen molar-refractivity contribution in [2.24, 2.45) is 0 Å². The minimum absolute atomic E-state index is 0.0626. The number of nitrogens with one attached hydrogen (secondary N) is 1. The fourth-order valence-electron chi connectivity index (χ4n) is 2.52. The number of carbonyl (C=O) groups excluding carboxylic acids is 2. The molecule has 6 heteroatoms. The van der Waals surface area contributed by atoms with Gasteiger partial charge in [0.25, 0.3) is 0 Å². The lowest BCUT2D eigenvalue weighted by Crippen LogP contribution is -2.53. The summed E-state index contributed by atoms with van der Waals surface area (Å²) in [5, 5.41) is 2.66. The van der Waals surface area contributed by atoms with E-state index in [-0.39, 0.29) is 30.8 Å². The molecule has 0 aliphatic carbocycles. The van der Waals surface area contributed by atoms with Gasteiger partial charge in [-0.2, -0.15) is 0 Å². The monoisotopic (exact) mass is 296 g/mol. The van der Waals surface area contributed by atoms with E-state index in [9.17, 15) is 18.4 Å². The van der Waals surface area contributed by atoms with Gasteiger partial charge in [0.1, 0.15) is 17.2 Å². The van der Waals surface area contributed by atoms with E-state index in [1.54, 1.807) is 20.8 Å². The Morgan fingerprint density at radius 1 is 1.24 bits per heavy atom. The first kappa shape index (κ1) is 15.4. The molecule has 2 rings (SSSR count). The Morgan fingerprint density at radius 2 is 1.81 bits per heavy atom. The van der Waals surface area contributed by atoms with Gasteiger partial charge in [0.05, 0.1) is 0 Å². The van der Waals surface area contributed by atoms with Crippen LogP contribution in [0.5, 0.6) is 0 Å². The van der Waals surface area contributed by atoms with Crippen molar-refractivity contribution in [3.63, 3.8) is 0 Å². The van der Waals surface area contributed by atoms with Crippen LogP contribution in [0.25, 0.3) is 0 Å². The zero-order valence-corrected chi connectivity index (χ0v) is 12.2. The van der Waals surface area contributed by atoms with Crippen LogP contribution in [0.3, 0.4) is 0 Å². The van der Waals surface area contributed by atoms with Crippen molar-refractivity contribution in [2.45, 2.75) is 45.3 Å². The summed E-state index contributed by atoms with van der Waals surface area (Å²) < 4.78 is 26.5. The van der Waals surface area contributed by atoms with Gasteiger partial charge >= 0.3 is 0 Å². The van der Waals surface area contributed by atoms with Crippen molar-refractivity contribution in [1.29, 1.82) is 0 Å². The van der Waals surface area contributed by atoms with Crippen LogP contribution < -0.4 is 5.32 Å². The molecule has 1 heterocycles. The fourth-order valence-corrected chi connectivity index (χ4v) is 2.52. The van der Waals surface area contributed by atoms with Gasteiger partial charge in [-0.1, -0.05) is 0 Å². The number of nitrogens with zero attached hydrogens (tertiary/aromatic N) is 1. The Bertz CT molecular complexity index is 567. The molecule has 1 aromatic carbocycles. The van der Waals surface area contributed by atoms with E-state index < -0.39 is 17.2 Å². The first-order valence-electron chi connectivity index (χ1n) is 6.76. The molecule has 1 N–H and O–H groups in total. The van der Waals surface area contributed by atoms with Gasteiger partial charge in [0.2, 0.25) is 11.8 Å². The van der Waals surface area contributed by atoms with Gasteiger partial charge in [-0.25, -0.2) is 8.78 Å². The van der Waals surface area contributed by atoms with Crippen molar-refractivity contribution in [3.8, 4) is 0 Å². The summed E-state index contributed by atoms with van der Waals surface area (Å²) in [5.41, 5.74) is -0.675. The van der Waals surface area contributed by atoms with E-state index in [1.165, 1.54) is 17.0 Å². The lowest BCUT2D eigenvalue weighted by molar-refractivity contribution is -0.139. The summed E-state index contributed by atoms with van der Waals surface area (Å²) in [4.78, 5) is 25.8. The highest BCUT2D eigenvalue weighted by atomic mass is 19.1. The van der Waals surface area contributed by atoms with Crippen LogP contribution in [0.2, 0.25) is 0 Å². The van der Waals surface area contributed by atoms with Gasteiger partial charge in [-0.05, 0) is 38.5 Å². The smallest absolute Gasteiger partial charge is 0.248 e. The van der Waals surface area contributed by atoms with Crippen LogP contribution in [0.4, 0.5) is 8.78 Å². The zero-order chi connectivity index (χ0) is 15.8. The van der Waals surface area contributed by atoms with Gasteiger partial charge < -0.3 is 10.2 Å². The second-order valence-electron chi connectivity index (χ2n) is 5.94. The van der Waals surface area contributed by atoms with Crippen LogP contribution in [-0.2, 0) is 16.1 Å². The summed E-state index contributed by atoms with van der Waals surface area (Å²) in [6.45, 7) is 5.04. The molecule has 0 aromatic heterocycles. The third-order valence-corrected chi connectivity index (χ3v) is 3.54. The maximum atomic E-state index is 13.3. The normalized spacial score (nSPS) is 22.0. The average Bonchev–Trinajstić information content (AvgIpc) is 2.38. The highest BCUT2D eigenvalue weighted by Gasteiger charge is 2.39. The standard InChI is InChI=1S/C15H18F2N2O2/c1-9-4-13(20)18-15(2,3)14(21)19(9)8-10-5-11(16)7-12(17)6-10/h5-7,9H,4,8H2,1-3H3,(H,18,20). The number of hydrogen-bond donors (Lipinski definition) is 1. The summed E-state index contributed by atoms with van der Waals surface area (Å²) in [7, 11) is 0. The van der Waals surface area contributed by atoms with Crippen molar-refractivity contribution < 1.29 is 18.4 Å². The largest absolute Gasteiger partial charge is 0.342 e. The number of benzene rings is 1. The van der Waals surface area contributed by atoms with Crippen molar-refractivity contribution >= 4 is 11.8 Å². The van der Waals surface area contributed by atoms with Crippen molar-refractivity contribution in [2.75, 3.05) is 0 Å². The van der Waals surface area contributed by atoms with E-state index in [4.69, 9.17) is 0 Å². The van der Waals surface area contributed by atoms with Gasteiger partial charge in [0, 0.05) is 25.1 Å². The Labute approximate surface area is 122 Å². The molecule has 1 aromatic rings. The number of carbonyl (C=O) groups is 2. The molecule has 1 aliphatic heterocycles. The molecular formula is C15H18F2N2O2. The molecule has 2 amide bonds. The third-order valence-electron chi connectivity index (χ3n) is 3.54. The number of rotatable bonds is 2. The molecule has 0 saturated carbocycles. The number of amides is 2. The Morgan fingerprint density at radius 3 is 2.38 bits per heavy atom. The minimum Gasteiger partial charge on any atom is -0.342 e. The highest BCUT2D eigenvalue weighted by molar-refractivity contribution is 5.93. The lowest BCUT2D eigenvalue weighted by Gasteiger charge is -2.32. The molecular weight excluding hydrogens is 278 g/mol. The Balaban J connectivity index is 2.31. The van der Waals surface area contributed by atoms with Crippen molar-refractivity contribution in [3.05, 3.63) is 35.4 Å². The van der Waals surface area contributed by atoms with Crippen LogP contribution >= 0.6 is 0 Å². The molecule has 1 fully saturated rings. The summed E-state index contributed by atoms with van der Waals surface area (Å²) in [6.07, 6.45) is 0.160. The van der Waals surface area contributed by atoms with Crippen LogP contribution in [0, 0.1) is 11.6 Å². The molecule has 1 aliphatic rings. The molecule has 1 unspecified atom stereocenters. The maximum Gasteiger partial charge on any atom is 0.248 e. The van der Waals surface area contributed by atoms with E-state index in [0.717, 1.165) is 6.07 Å². The van der Waals surface area contributed by atoms with Crippen LogP contribution in [-0.4, -0.2) is 28.3 Å². The van der Waals surface area contributed by atoms with Gasteiger partial charge in [0.15, 0.2) is 0 Å². The number of hydrogen-bond acceptors (Lipinski definition) is 2. The zero-order valence-electron chi connectivity index (χ0n) is 12.2. The van der Waals surface area contributed by atoms with Crippen molar-refractivity contribution in [1.82, 2.24) is 10.2 Å². The Kier molecular flexibility index (Phi) is 3.98. The molecule has 1 atom stereocenters. The molecule has 1 saturated heterocycles. The van der Waals surface area contributed by atoms with Gasteiger partial charge in [-0.3, -0.25) is 9.59 Å². The van der Waals surface area contributed by atoms with Crippen LogP contribution in [0.15, 0.2) is 18.2 Å². The Hall–Kier alpha value is -1.98.